The van der Waals surface area contributed by atoms with Gasteiger partial charge in [0.05, 0.1) is 25.0 Å². The Morgan fingerprint density at radius 1 is 1.08 bits per heavy atom. The average molecular weight is 323 g/mol. The molecule has 0 atom stereocenters. The summed E-state index contributed by atoms with van der Waals surface area (Å²) in [4.78, 5) is 0. The van der Waals surface area contributed by atoms with Crippen LogP contribution in [0, 0.1) is 20.8 Å². The molecule has 1 aromatic carbocycles. The van der Waals surface area contributed by atoms with Crippen molar-refractivity contribution in [2.45, 2.75) is 40.4 Å². The van der Waals surface area contributed by atoms with Gasteiger partial charge in [-0.15, -0.1) is 0 Å². The van der Waals surface area contributed by atoms with Crippen LogP contribution in [0.5, 0.6) is 0 Å². The first-order valence-corrected chi connectivity index (χ1v) is 8.40. The van der Waals surface area contributed by atoms with Gasteiger partial charge in [-0.3, -0.25) is 9.36 Å². The molecule has 0 spiro atoms. The first-order valence-electron chi connectivity index (χ1n) is 8.40. The second-order valence-electron chi connectivity index (χ2n) is 6.25. The van der Waals surface area contributed by atoms with Crippen molar-refractivity contribution in [3.63, 3.8) is 0 Å². The molecule has 5 nitrogen and oxygen atoms in total. The number of benzene rings is 1. The third-order valence-electron chi connectivity index (χ3n) is 4.29. The molecule has 0 amide bonds. The summed E-state index contributed by atoms with van der Waals surface area (Å²) in [6.07, 6.45) is 3.96. The van der Waals surface area contributed by atoms with E-state index >= 15 is 0 Å². The number of hydrogen-bond donors (Lipinski definition) is 1. The quantitative estimate of drug-likeness (QED) is 0.680. The van der Waals surface area contributed by atoms with Crippen molar-refractivity contribution in [1.29, 1.82) is 0 Å². The second-order valence-corrected chi connectivity index (χ2v) is 6.25. The first-order chi connectivity index (χ1) is 11.6. The number of rotatable bonds is 7. The molecule has 0 saturated carbocycles. The number of nitrogens with zero attached hydrogens (tertiary/aromatic N) is 4. The van der Waals surface area contributed by atoms with E-state index in [1.807, 2.05) is 16.9 Å². The van der Waals surface area contributed by atoms with Crippen molar-refractivity contribution in [3.8, 4) is 0 Å². The lowest BCUT2D eigenvalue weighted by Gasteiger charge is -2.07. The second kappa shape index (κ2) is 7.45. The summed E-state index contributed by atoms with van der Waals surface area (Å²) in [7, 11) is 0. The molecule has 0 aliphatic carbocycles. The third kappa shape index (κ3) is 3.92. The molecule has 0 fully saturated rings. The van der Waals surface area contributed by atoms with Crippen LogP contribution in [0.15, 0.2) is 42.7 Å². The van der Waals surface area contributed by atoms with Crippen LogP contribution in [0.1, 0.15) is 28.1 Å². The summed E-state index contributed by atoms with van der Waals surface area (Å²) < 4.78 is 4.07. The molecule has 1 N–H and O–H groups in total. The minimum atomic E-state index is 0.820. The zero-order valence-electron chi connectivity index (χ0n) is 14.7. The molecule has 0 bridgehead atoms. The maximum atomic E-state index is 4.70. The maximum absolute atomic E-state index is 4.70. The largest absolute Gasteiger partial charge is 0.311 e. The summed E-state index contributed by atoms with van der Waals surface area (Å²) >= 11 is 0. The van der Waals surface area contributed by atoms with Gasteiger partial charge in [-0.25, -0.2) is 0 Å². The highest BCUT2D eigenvalue weighted by atomic mass is 15.3. The molecule has 0 saturated heterocycles. The van der Waals surface area contributed by atoms with E-state index in [9.17, 15) is 0 Å². The van der Waals surface area contributed by atoms with E-state index in [1.54, 1.807) is 0 Å². The lowest BCUT2D eigenvalue weighted by Crippen LogP contribution is -2.20. The van der Waals surface area contributed by atoms with Crippen LogP contribution < -0.4 is 5.32 Å². The lowest BCUT2D eigenvalue weighted by atomic mass is 10.2. The Labute approximate surface area is 143 Å². The first kappa shape index (κ1) is 16.5. The number of aryl methyl sites for hydroxylation is 2. The summed E-state index contributed by atoms with van der Waals surface area (Å²) in [6, 6.07) is 10.5. The van der Waals surface area contributed by atoms with E-state index in [0.29, 0.717) is 0 Å². The summed E-state index contributed by atoms with van der Waals surface area (Å²) in [6.45, 7) is 9.73. The number of aromatic nitrogens is 4. The van der Waals surface area contributed by atoms with Crippen LogP contribution in [0.4, 0.5) is 0 Å². The zero-order valence-corrected chi connectivity index (χ0v) is 14.7. The fourth-order valence-corrected chi connectivity index (χ4v) is 2.90. The van der Waals surface area contributed by atoms with Crippen molar-refractivity contribution in [3.05, 3.63) is 70.8 Å². The van der Waals surface area contributed by atoms with Crippen molar-refractivity contribution in [2.75, 3.05) is 6.54 Å². The van der Waals surface area contributed by atoms with E-state index in [-0.39, 0.29) is 0 Å². The van der Waals surface area contributed by atoms with Gasteiger partial charge in [-0.05, 0) is 31.9 Å². The molecule has 2 aromatic heterocycles. The monoisotopic (exact) mass is 323 g/mol. The highest BCUT2D eigenvalue weighted by molar-refractivity contribution is 5.26. The van der Waals surface area contributed by atoms with Gasteiger partial charge in [0.2, 0.25) is 0 Å². The van der Waals surface area contributed by atoms with Crippen LogP contribution in [-0.4, -0.2) is 26.1 Å². The Balaban J connectivity index is 1.57. The van der Waals surface area contributed by atoms with Crippen LogP contribution in [0.2, 0.25) is 0 Å². The Morgan fingerprint density at radius 3 is 2.58 bits per heavy atom. The van der Waals surface area contributed by atoms with Crippen LogP contribution in [0.25, 0.3) is 0 Å². The van der Waals surface area contributed by atoms with Gasteiger partial charge >= 0.3 is 0 Å². The van der Waals surface area contributed by atoms with Crippen LogP contribution in [-0.2, 0) is 19.6 Å². The van der Waals surface area contributed by atoms with Gasteiger partial charge in [0.1, 0.15) is 0 Å². The topological polar surface area (TPSA) is 47.7 Å². The molecule has 2 heterocycles. The lowest BCUT2D eigenvalue weighted by molar-refractivity contribution is 0.553. The highest BCUT2D eigenvalue weighted by Gasteiger charge is 2.11. The van der Waals surface area contributed by atoms with Gasteiger partial charge in [-0.2, -0.15) is 10.2 Å². The Bertz CT molecular complexity index is 785. The van der Waals surface area contributed by atoms with E-state index in [1.165, 1.54) is 22.4 Å². The van der Waals surface area contributed by atoms with Gasteiger partial charge in [0, 0.05) is 30.5 Å². The van der Waals surface area contributed by atoms with E-state index < -0.39 is 0 Å². The predicted octanol–water partition coefficient (Wildman–Crippen LogP) is 2.84. The van der Waals surface area contributed by atoms with E-state index in [4.69, 9.17) is 5.10 Å². The van der Waals surface area contributed by atoms with Gasteiger partial charge in [-0.1, -0.05) is 30.3 Å². The predicted molar refractivity (Wildman–Crippen MR) is 95.9 cm³/mol. The van der Waals surface area contributed by atoms with Crippen molar-refractivity contribution >= 4 is 0 Å². The molecular formula is C19H25N5. The molecule has 3 aromatic rings. The van der Waals surface area contributed by atoms with Crippen molar-refractivity contribution in [2.24, 2.45) is 0 Å². The molecule has 0 aliphatic heterocycles. The van der Waals surface area contributed by atoms with E-state index in [0.717, 1.165) is 31.9 Å². The average Bonchev–Trinajstić information content (AvgIpc) is 3.10. The van der Waals surface area contributed by atoms with Gasteiger partial charge in [0.25, 0.3) is 0 Å². The minimum Gasteiger partial charge on any atom is -0.311 e. The van der Waals surface area contributed by atoms with Crippen molar-refractivity contribution < 1.29 is 0 Å². The molecule has 0 radical (unpaired) electrons. The zero-order chi connectivity index (χ0) is 16.9. The Hall–Kier alpha value is -2.40. The Morgan fingerprint density at radius 2 is 1.88 bits per heavy atom. The normalized spacial score (nSPS) is 11.1. The molecule has 3 rings (SSSR count). The van der Waals surface area contributed by atoms with Crippen molar-refractivity contribution in [1.82, 2.24) is 24.9 Å². The highest BCUT2D eigenvalue weighted by Crippen LogP contribution is 2.14. The summed E-state index contributed by atoms with van der Waals surface area (Å²) in [5, 5.41) is 12.5. The SMILES string of the molecule is Cc1cnn(CCNCc2c(C)nn(Cc3ccccc3)c2C)c1. The van der Waals surface area contributed by atoms with Crippen LogP contribution >= 0.6 is 0 Å². The minimum absolute atomic E-state index is 0.820. The summed E-state index contributed by atoms with van der Waals surface area (Å²) in [5.74, 6) is 0. The third-order valence-corrected chi connectivity index (χ3v) is 4.29. The number of hydrogen-bond acceptors (Lipinski definition) is 3. The molecule has 0 aliphatic rings. The Kier molecular flexibility index (Phi) is 5.11. The maximum Gasteiger partial charge on any atom is 0.0662 e. The molecule has 0 unspecified atom stereocenters. The molecule has 5 heteroatoms. The van der Waals surface area contributed by atoms with Crippen LogP contribution in [0.3, 0.4) is 0 Å². The molecule has 126 valence electrons. The fourth-order valence-electron chi connectivity index (χ4n) is 2.90. The summed E-state index contributed by atoms with van der Waals surface area (Å²) in [5.41, 5.74) is 6.10. The fraction of sp³-hybridized carbons (Fsp3) is 0.368. The standard InChI is InChI=1S/C19H25N5/c1-15-11-21-23(13-15)10-9-20-12-19-16(2)22-24(17(19)3)14-18-7-5-4-6-8-18/h4-8,11,13,20H,9-10,12,14H2,1-3H3. The number of nitrogens with one attached hydrogen (secondary N) is 1. The van der Waals surface area contributed by atoms with E-state index in [2.05, 4.69) is 66.3 Å². The molecular weight excluding hydrogens is 298 g/mol. The van der Waals surface area contributed by atoms with Gasteiger partial charge < -0.3 is 5.32 Å². The smallest absolute Gasteiger partial charge is 0.0662 e. The van der Waals surface area contributed by atoms with Gasteiger partial charge in [0.15, 0.2) is 0 Å². The molecule has 24 heavy (non-hydrogen) atoms.